The highest BCUT2D eigenvalue weighted by molar-refractivity contribution is 5.30. The van der Waals surface area contributed by atoms with E-state index in [1.807, 2.05) is 0 Å². The van der Waals surface area contributed by atoms with Crippen molar-refractivity contribution in [1.82, 2.24) is 14.9 Å². The van der Waals surface area contributed by atoms with Gasteiger partial charge in [-0.1, -0.05) is 6.92 Å². The Balaban J connectivity index is 1.96. The Morgan fingerprint density at radius 3 is 2.82 bits per heavy atom. The summed E-state index contributed by atoms with van der Waals surface area (Å²) in [6, 6.07) is 0. The molecule has 1 aromatic rings. The lowest BCUT2D eigenvalue weighted by Gasteiger charge is -2.31. The van der Waals surface area contributed by atoms with Crippen molar-refractivity contribution < 1.29 is 0 Å². The number of aromatic nitrogens is 2. The Labute approximate surface area is 103 Å². The zero-order valence-electron chi connectivity index (χ0n) is 11.0. The van der Waals surface area contributed by atoms with Crippen molar-refractivity contribution in [3.63, 3.8) is 0 Å². The maximum Gasteiger partial charge on any atom is 0.131 e. The van der Waals surface area contributed by atoms with Crippen molar-refractivity contribution in [1.29, 1.82) is 0 Å². The molecule has 3 rings (SSSR count). The number of nitrogens with zero attached hydrogens (tertiary/aromatic N) is 3. The van der Waals surface area contributed by atoms with Crippen molar-refractivity contribution in [3.05, 3.63) is 23.3 Å². The van der Waals surface area contributed by atoms with Crippen LogP contribution in [0.2, 0.25) is 0 Å². The number of hydrogen-bond acceptors (Lipinski definition) is 3. The maximum absolute atomic E-state index is 4.85. The van der Waals surface area contributed by atoms with E-state index in [2.05, 4.69) is 36.9 Å². The molecule has 0 bridgehead atoms. The number of fused-ring (bicyclic) bond motifs is 1. The van der Waals surface area contributed by atoms with Crippen LogP contribution in [0.25, 0.3) is 0 Å². The van der Waals surface area contributed by atoms with E-state index in [1.54, 1.807) is 0 Å². The minimum Gasteiger partial charge on any atom is -0.288 e. The van der Waals surface area contributed by atoms with E-state index in [1.165, 1.54) is 30.5 Å². The fourth-order valence-electron chi connectivity index (χ4n) is 2.79. The zero-order chi connectivity index (χ0) is 12.0. The van der Waals surface area contributed by atoms with Gasteiger partial charge in [0.25, 0.3) is 0 Å². The second-order valence-electron chi connectivity index (χ2n) is 5.86. The Hall–Kier alpha value is -0.960. The van der Waals surface area contributed by atoms with Crippen LogP contribution in [0.5, 0.6) is 0 Å². The van der Waals surface area contributed by atoms with Gasteiger partial charge in [-0.2, -0.15) is 0 Å². The van der Waals surface area contributed by atoms with Gasteiger partial charge in [0.15, 0.2) is 0 Å². The molecular weight excluding hydrogens is 210 g/mol. The average molecular weight is 231 g/mol. The fourth-order valence-corrected chi connectivity index (χ4v) is 2.79. The van der Waals surface area contributed by atoms with Crippen molar-refractivity contribution in [2.45, 2.75) is 58.0 Å². The van der Waals surface area contributed by atoms with Gasteiger partial charge < -0.3 is 0 Å². The predicted octanol–water partition coefficient (Wildman–Crippen LogP) is 2.81. The van der Waals surface area contributed by atoms with E-state index in [4.69, 9.17) is 4.98 Å². The first kappa shape index (κ1) is 11.1. The van der Waals surface area contributed by atoms with Gasteiger partial charge in [0.2, 0.25) is 0 Å². The Morgan fingerprint density at radius 1 is 1.41 bits per heavy atom. The fraction of sp³-hybridized carbons (Fsp3) is 0.714. The van der Waals surface area contributed by atoms with Crippen LogP contribution in [0, 0.1) is 0 Å². The van der Waals surface area contributed by atoms with Crippen LogP contribution in [0.1, 0.15) is 63.0 Å². The van der Waals surface area contributed by atoms with Gasteiger partial charge in [0.05, 0.1) is 11.2 Å². The third-order valence-corrected chi connectivity index (χ3v) is 4.05. The van der Waals surface area contributed by atoms with Crippen LogP contribution < -0.4 is 0 Å². The zero-order valence-corrected chi connectivity index (χ0v) is 11.0. The van der Waals surface area contributed by atoms with Gasteiger partial charge in [-0.05, 0) is 39.7 Å². The summed E-state index contributed by atoms with van der Waals surface area (Å²) in [6.45, 7) is 8.97. The van der Waals surface area contributed by atoms with Gasteiger partial charge in [-0.25, -0.2) is 9.97 Å². The quantitative estimate of drug-likeness (QED) is 0.801. The topological polar surface area (TPSA) is 29.0 Å². The van der Waals surface area contributed by atoms with Crippen LogP contribution in [0.15, 0.2) is 6.20 Å². The SMILES string of the molecule is CCCN1Cc2cnc(C3CC3)nc2C1(C)C. The average Bonchev–Trinajstić information content (AvgIpc) is 3.09. The molecule has 0 atom stereocenters. The molecule has 92 valence electrons. The molecule has 0 radical (unpaired) electrons. The largest absolute Gasteiger partial charge is 0.288 e. The van der Waals surface area contributed by atoms with Crippen molar-refractivity contribution >= 4 is 0 Å². The molecule has 2 heterocycles. The summed E-state index contributed by atoms with van der Waals surface area (Å²) in [6.07, 6.45) is 5.81. The molecular formula is C14H21N3. The molecule has 2 aliphatic rings. The first-order valence-electron chi connectivity index (χ1n) is 6.74. The predicted molar refractivity (Wildman–Crippen MR) is 67.7 cm³/mol. The highest BCUT2D eigenvalue weighted by Crippen LogP contribution is 2.41. The molecule has 0 unspecified atom stereocenters. The van der Waals surface area contributed by atoms with Gasteiger partial charge in [0.1, 0.15) is 5.82 Å². The van der Waals surface area contributed by atoms with E-state index in [0.29, 0.717) is 5.92 Å². The molecule has 3 heteroatoms. The second kappa shape index (κ2) is 3.77. The first-order valence-corrected chi connectivity index (χ1v) is 6.74. The molecule has 1 fully saturated rings. The molecule has 0 N–H and O–H groups in total. The summed E-state index contributed by atoms with van der Waals surface area (Å²) in [4.78, 5) is 11.9. The van der Waals surface area contributed by atoms with E-state index >= 15 is 0 Å². The second-order valence-corrected chi connectivity index (χ2v) is 5.86. The summed E-state index contributed by atoms with van der Waals surface area (Å²) in [5.41, 5.74) is 2.67. The normalized spacial score (nSPS) is 22.8. The summed E-state index contributed by atoms with van der Waals surface area (Å²) in [5, 5.41) is 0. The molecule has 1 saturated carbocycles. The lowest BCUT2D eigenvalue weighted by Crippen LogP contribution is -2.36. The number of rotatable bonds is 3. The summed E-state index contributed by atoms with van der Waals surface area (Å²) < 4.78 is 0. The van der Waals surface area contributed by atoms with Crippen LogP contribution in [0.4, 0.5) is 0 Å². The molecule has 0 spiro atoms. The van der Waals surface area contributed by atoms with Crippen molar-refractivity contribution in [2.75, 3.05) is 6.54 Å². The monoisotopic (exact) mass is 231 g/mol. The highest BCUT2D eigenvalue weighted by atomic mass is 15.2. The van der Waals surface area contributed by atoms with E-state index in [-0.39, 0.29) is 5.54 Å². The summed E-state index contributed by atoms with van der Waals surface area (Å²) in [5.74, 6) is 1.73. The summed E-state index contributed by atoms with van der Waals surface area (Å²) >= 11 is 0. The third kappa shape index (κ3) is 1.77. The molecule has 1 aliphatic heterocycles. The van der Waals surface area contributed by atoms with Crippen LogP contribution in [-0.2, 0) is 12.1 Å². The van der Waals surface area contributed by atoms with Gasteiger partial charge in [-0.15, -0.1) is 0 Å². The van der Waals surface area contributed by atoms with Crippen LogP contribution in [0.3, 0.4) is 0 Å². The van der Waals surface area contributed by atoms with E-state index in [0.717, 1.165) is 18.9 Å². The Bertz CT molecular complexity index is 435. The lowest BCUT2D eigenvalue weighted by atomic mass is 10.00. The van der Waals surface area contributed by atoms with Gasteiger partial charge in [-0.3, -0.25) is 4.90 Å². The minimum absolute atomic E-state index is 0.0813. The summed E-state index contributed by atoms with van der Waals surface area (Å²) in [7, 11) is 0. The number of hydrogen-bond donors (Lipinski definition) is 0. The Morgan fingerprint density at radius 2 is 2.18 bits per heavy atom. The van der Waals surface area contributed by atoms with E-state index < -0.39 is 0 Å². The minimum atomic E-state index is 0.0813. The lowest BCUT2D eigenvalue weighted by molar-refractivity contribution is 0.134. The van der Waals surface area contributed by atoms with E-state index in [9.17, 15) is 0 Å². The van der Waals surface area contributed by atoms with Crippen LogP contribution >= 0.6 is 0 Å². The van der Waals surface area contributed by atoms with Crippen molar-refractivity contribution in [3.8, 4) is 0 Å². The standard InChI is InChI=1S/C14H21N3/c1-4-7-17-9-11-8-15-13(10-5-6-10)16-12(11)14(17,2)3/h8,10H,4-7,9H2,1-3H3. The highest BCUT2D eigenvalue weighted by Gasteiger charge is 2.39. The smallest absolute Gasteiger partial charge is 0.131 e. The molecule has 1 aromatic heterocycles. The molecule has 17 heavy (non-hydrogen) atoms. The van der Waals surface area contributed by atoms with Gasteiger partial charge in [0, 0.05) is 24.2 Å². The van der Waals surface area contributed by atoms with Crippen molar-refractivity contribution in [2.24, 2.45) is 0 Å². The Kier molecular flexibility index (Phi) is 2.47. The third-order valence-electron chi connectivity index (χ3n) is 4.05. The molecule has 3 nitrogen and oxygen atoms in total. The molecule has 1 aliphatic carbocycles. The molecule has 0 aromatic carbocycles. The van der Waals surface area contributed by atoms with Crippen LogP contribution in [-0.4, -0.2) is 21.4 Å². The first-order chi connectivity index (χ1) is 8.13. The maximum atomic E-state index is 4.85. The van der Waals surface area contributed by atoms with Gasteiger partial charge >= 0.3 is 0 Å². The molecule has 0 saturated heterocycles. The molecule has 0 amide bonds.